The Morgan fingerprint density at radius 1 is 0.840 bits per heavy atom. The zero-order valence-corrected chi connectivity index (χ0v) is 13.2. The van der Waals surface area contributed by atoms with Crippen LogP contribution in [-0.4, -0.2) is 16.3 Å². The van der Waals surface area contributed by atoms with Crippen LogP contribution in [0.1, 0.15) is 5.56 Å². The second kappa shape index (κ2) is 6.80. The number of aromatic nitrogens is 2. The van der Waals surface area contributed by atoms with Crippen LogP contribution >= 0.6 is 0 Å². The molecule has 0 bridgehead atoms. The van der Waals surface area contributed by atoms with Gasteiger partial charge in [0.2, 0.25) is 5.95 Å². The van der Waals surface area contributed by atoms with E-state index < -0.39 is 6.36 Å². The van der Waals surface area contributed by atoms with Gasteiger partial charge in [0.25, 0.3) is 0 Å². The highest BCUT2D eigenvalue weighted by Gasteiger charge is 2.30. The van der Waals surface area contributed by atoms with Gasteiger partial charge >= 0.3 is 6.36 Å². The number of hydrogen-bond donors (Lipinski definition) is 1. The Morgan fingerprint density at radius 2 is 1.44 bits per heavy atom. The number of anilines is 2. The summed E-state index contributed by atoms with van der Waals surface area (Å²) in [5.41, 5.74) is 3.60. The van der Waals surface area contributed by atoms with E-state index in [1.165, 1.54) is 29.8 Å². The van der Waals surface area contributed by atoms with E-state index in [-0.39, 0.29) is 5.75 Å². The van der Waals surface area contributed by atoms with E-state index in [1.807, 2.05) is 31.2 Å². The van der Waals surface area contributed by atoms with Crippen molar-refractivity contribution >= 4 is 11.6 Å². The van der Waals surface area contributed by atoms with E-state index >= 15 is 0 Å². The maximum absolute atomic E-state index is 12.1. The molecule has 0 saturated heterocycles. The number of nitrogens with zero attached hydrogens (tertiary/aromatic N) is 2. The highest BCUT2D eigenvalue weighted by Crippen LogP contribution is 2.25. The summed E-state index contributed by atoms with van der Waals surface area (Å²) in [5, 5.41) is 2.92. The molecule has 4 nitrogen and oxygen atoms in total. The van der Waals surface area contributed by atoms with Gasteiger partial charge in [0.1, 0.15) is 5.75 Å². The van der Waals surface area contributed by atoms with E-state index in [2.05, 4.69) is 20.0 Å². The van der Waals surface area contributed by atoms with Crippen LogP contribution < -0.4 is 10.1 Å². The van der Waals surface area contributed by atoms with Gasteiger partial charge in [-0.05, 0) is 36.8 Å². The molecule has 0 amide bonds. The topological polar surface area (TPSA) is 47.0 Å². The summed E-state index contributed by atoms with van der Waals surface area (Å²) in [7, 11) is 0. The largest absolute Gasteiger partial charge is 0.573 e. The van der Waals surface area contributed by atoms with Gasteiger partial charge in [-0.1, -0.05) is 29.8 Å². The number of nitrogens with one attached hydrogen (secondary N) is 1. The second-order valence-electron chi connectivity index (χ2n) is 5.36. The average Bonchev–Trinajstić information content (AvgIpc) is 2.57. The molecule has 0 aliphatic heterocycles. The number of alkyl halides is 3. The third-order valence-electron chi connectivity index (χ3n) is 3.38. The smallest absolute Gasteiger partial charge is 0.406 e. The molecule has 0 saturated carbocycles. The van der Waals surface area contributed by atoms with Crippen LogP contribution in [0.25, 0.3) is 11.1 Å². The van der Waals surface area contributed by atoms with Gasteiger partial charge in [-0.15, -0.1) is 13.2 Å². The van der Waals surface area contributed by atoms with Crippen LogP contribution in [-0.2, 0) is 0 Å². The monoisotopic (exact) mass is 345 g/mol. The van der Waals surface area contributed by atoms with Crippen LogP contribution in [0.15, 0.2) is 60.9 Å². The van der Waals surface area contributed by atoms with Crippen molar-refractivity contribution in [3.8, 4) is 16.9 Å². The summed E-state index contributed by atoms with van der Waals surface area (Å²) in [6.07, 6.45) is -1.34. The minimum atomic E-state index is -4.70. The summed E-state index contributed by atoms with van der Waals surface area (Å²) < 4.78 is 40.2. The van der Waals surface area contributed by atoms with E-state index in [1.54, 1.807) is 12.4 Å². The van der Waals surface area contributed by atoms with Gasteiger partial charge in [-0.25, -0.2) is 9.97 Å². The molecular weight excluding hydrogens is 331 g/mol. The molecule has 1 N–H and O–H groups in total. The van der Waals surface area contributed by atoms with Crippen LogP contribution in [0.3, 0.4) is 0 Å². The Kier molecular flexibility index (Phi) is 4.56. The Bertz CT molecular complexity index is 829. The summed E-state index contributed by atoms with van der Waals surface area (Å²) >= 11 is 0. The van der Waals surface area contributed by atoms with Crippen LogP contribution in [0.4, 0.5) is 24.8 Å². The van der Waals surface area contributed by atoms with Gasteiger partial charge in [-0.2, -0.15) is 0 Å². The Hall–Kier alpha value is -3.09. The van der Waals surface area contributed by atoms with Crippen molar-refractivity contribution < 1.29 is 17.9 Å². The van der Waals surface area contributed by atoms with Crippen LogP contribution in [0.5, 0.6) is 5.75 Å². The standard InChI is InChI=1S/C18H14F3N3O/c1-12-2-4-13(5-3-12)14-10-22-17(23-11-14)24-15-6-8-16(9-7-15)25-18(19,20)21/h2-11H,1H3,(H,22,23,24). The van der Waals surface area contributed by atoms with Crippen LogP contribution in [0.2, 0.25) is 0 Å². The molecule has 0 atom stereocenters. The fraction of sp³-hybridized carbons (Fsp3) is 0.111. The van der Waals surface area contributed by atoms with E-state index in [0.29, 0.717) is 11.6 Å². The second-order valence-corrected chi connectivity index (χ2v) is 5.36. The number of hydrogen-bond acceptors (Lipinski definition) is 4. The molecule has 3 aromatic rings. The SMILES string of the molecule is Cc1ccc(-c2cnc(Nc3ccc(OC(F)(F)F)cc3)nc2)cc1. The molecule has 0 fully saturated rings. The van der Waals surface area contributed by atoms with Gasteiger partial charge in [-0.3, -0.25) is 0 Å². The highest BCUT2D eigenvalue weighted by molar-refractivity contribution is 5.63. The first kappa shape index (κ1) is 16.8. The predicted molar refractivity (Wildman–Crippen MR) is 88.6 cm³/mol. The van der Waals surface area contributed by atoms with E-state index in [4.69, 9.17) is 0 Å². The first-order valence-electron chi connectivity index (χ1n) is 7.41. The van der Waals surface area contributed by atoms with Crippen molar-refractivity contribution in [3.05, 3.63) is 66.5 Å². The van der Waals surface area contributed by atoms with Crippen molar-refractivity contribution in [3.63, 3.8) is 0 Å². The molecular formula is C18H14F3N3O. The van der Waals surface area contributed by atoms with Crippen molar-refractivity contribution in [1.82, 2.24) is 9.97 Å². The molecule has 0 spiro atoms. The number of rotatable bonds is 4. The Morgan fingerprint density at radius 3 is 2.00 bits per heavy atom. The molecule has 1 heterocycles. The number of benzene rings is 2. The molecule has 0 radical (unpaired) electrons. The molecule has 2 aromatic carbocycles. The molecule has 7 heteroatoms. The third kappa shape index (κ3) is 4.69. The normalized spacial score (nSPS) is 11.2. The predicted octanol–water partition coefficient (Wildman–Crippen LogP) is 5.09. The maximum atomic E-state index is 12.1. The lowest BCUT2D eigenvalue weighted by molar-refractivity contribution is -0.274. The van der Waals surface area contributed by atoms with Crippen molar-refractivity contribution in [2.75, 3.05) is 5.32 Å². The van der Waals surface area contributed by atoms with Gasteiger partial charge in [0.05, 0.1) is 0 Å². The van der Waals surface area contributed by atoms with Crippen LogP contribution in [0, 0.1) is 6.92 Å². The Labute approximate surface area is 142 Å². The number of aryl methyl sites for hydroxylation is 1. The van der Waals surface area contributed by atoms with Gasteiger partial charge in [0.15, 0.2) is 0 Å². The molecule has 0 aliphatic rings. The quantitative estimate of drug-likeness (QED) is 0.715. The van der Waals surface area contributed by atoms with Gasteiger partial charge in [0, 0.05) is 23.6 Å². The first-order chi connectivity index (χ1) is 11.9. The molecule has 0 unspecified atom stereocenters. The lowest BCUT2D eigenvalue weighted by atomic mass is 10.1. The average molecular weight is 345 g/mol. The van der Waals surface area contributed by atoms with E-state index in [0.717, 1.165) is 11.1 Å². The molecule has 0 aliphatic carbocycles. The fourth-order valence-electron chi connectivity index (χ4n) is 2.16. The lowest BCUT2D eigenvalue weighted by Gasteiger charge is -2.10. The lowest BCUT2D eigenvalue weighted by Crippen LogP contribution is -2.16. The van der Waals surface area contributed by atoms with Crippen molar-refractivity contribution in [2.45, 2.75) is 13.3 Å². The summed E-state index contributed by atoms with van der Waals surface area (Å²) in [6.45, 7) is 2.01. The minimum Gasteiger partial charge on any atom is -0.406 e. The van der Waals surface area contributed by atoms with Crippen molar-refractivity contribution in [1.29, 1.82) is 0 Å². The molecule has 3 rings (SSSR count). The fourth-order valence-corrected chi connectivity index (χ4v) is 2.16. The highest BCUT2D eigenvalue weighted by atomic mass is 19.4. The van der Waals surface area contributed by atoms with Crippen molar-refractivity contribution in [2.24, 2.45) is 0 Å². The molecule has 1 aromatic heterocycles. The first-order valence-corrected chi connectivity index (χ1v) is 7.41. The minimum absolute atomic E-state index is 0.284. The Balaban J connectivity index is 1.68. The summed E-state index contributed by atoms with van der Waals surface area (Å²) in [5.74, 6) is 0.0639. The van der Waals surface area contributed by atoms with Gasteiger partial charge < -0.3 is 10.1 Å². The molecule has 25 heavy (non-hydrogen) atoms. The molecule has 128 valence electrons. The van der Waals surface area contributed by atoms with E-state index in [9.17, 15) is 13.2 Å². The zero-order valence-electron chi connectivity index (χ0n) is 13.2. The number of ether oxygens (including phenoxy) is 1. The summed E-state index contributed by atoms with van der Waals surface area (Å²) in [6, 6.07) is 13.3. The maximum Gasteiger partial charge on any atom is 0.573 e. The zero-order chi connectivity index (χ0) is 17.9. The summed E-state index contributed by atoms with van der Waals surface area (Å²) in [4.78, 5) is 8.44. The third-order valence-corrected chi connectivity index (χ3v) is 3.38. The number of halogens is 3.